The lowest BCUT2D eigenvalue weighted by Crippen LogP contribution is -2.22. The first kappa shape index (κ1) is 15.0. The maximum atomic E-state index is 12.3. The molecule has 1 heterocycles. The van der Waals surface area contributed by atoms with Gasteiger partial charge in [0.15, 0.2) is 0 Å². The summed E-state index contributed by atoms with van der Waals surface area (Å²) >= 11 is 0. The fraction of sp³-hybridized carbons (Fsp3) is 0.167. The Kier molecular flexibility index (Phi) is 3.93. The highest BCUT2D eigenvalue weighted by Crippen LogP contribution is 2.27. The third-order valence-corrected chi connectivity index (χ3v) is 3.61. The van der Waals surface area contributed by atoms with Gasteiger partial charge in [-0.3, -0.25) is 4.79 Å². The summed E-state index contributed by atoms with van der Waals surface area (Å²) in [4.78, 5) is 18.3. The topological polar surface area (TPSA) is 59.2 Å². The van der Waals surface area contributed by atoms with Crippen molar-refractivity contribution in [2.24, 2.45) is 0 Å². The van der Waals surface area contributed by atoms with Gasteiger partial charge in [0.2, 0.25) is 5.82 Å². The van der Waals surface area contributed by atoms with Crippen LogP contribution in [0.2, 0.25) is 0 Å². The highest BCUT2D eigenvalue weighted by Gasteiger charge is 2.19. The molecule has 0 bridgehead atoms. The van der Waals surface area contributed by atoms with E-state index in [1.807, 2.05) is 49.4 Å². The number of hydrogen-bond acceptors (Lipinski definition) is 4. The van der Waals surface area contributed by atoms with Crippen LogP contribution in [0, 0.1) is 6.92 Å². The molecule has 3 rings (SSSR count). The molecule has 0 saturated heterocycles. The fourth-order valence-corrected chi connectivity index (χ4v) is 2.36. The van der Waals surface area contributed by atoms with E-state index in [-0.39, 0.29) is 5.91 Å². The largest absolute Gasteiger partial charge is 0.345 e. The van der Waals surface area contributed by atoms with E-state index in [0.29, 0.717) is 22.8 Å². The summed E-state index contributed by atoms with van der Waals surface area (Å²) < 4.78 is 5.40. The number of aromatic nitrogens is 2. The van der Waals surface area contributed by atoms with Crippen LogP contribution in [0.15, 0.2) is 53.1 Å². The third-order valence-electron chi connectivity index (χ3n) is 3.61. The third kappa shape index (κ3) is 2.85. The summed E-state index contributed by atoms with van der Waals surface area (Å²) in [5.74, 6) is 0.760. The van der Waals surface area contributed by atoms with Gasteiger partial charge in [-0.05, 0) is 24.6 Å². The number of hydrogen-bond donors (Lipinski definition) is 0. The minimum atomic E-state index is -0.101. The van der Waals surface area contributed by atoms with Crippen LogP contribution < -0.4 is 0 Å². The van der Waals surface area contributed by atoms with E-state index in [0.717, 1.165) is 11.1 Å². The number of amides is 1. The van der Waals surface area contributed by atoms with E-state index in [9.17, 15) is 4.79 Å². The SMILES string of the molecule is Cc1ccccc1-c1noc(-c2ccccc2C(=O)N(C)C)n1. The molecule has 0 saturated carbocycles. The maximum Gasteiger partial charge on any atom is 0.259 e. The first-order chi connectivity index (χ1) is 11.1. The smallest absolute Gasteiger partial charge is 0.259 e. The van der Waals surface area contributed by atoms with E-state index < -0.39 is 0 Å². The molecule has 0 N–H and O–H groups in total. The second-order valence-corrected chi connectivity index (χ2v) is 5.48. The van der Waals surface area contributed by atoms with Crippen molar-refractivity contribution >= 4 is 5.91 Å². The summed E-state index contributed by atoms with van der Waals surface area (Å²) in [5.41, 5.74) is 3.16. The molecule has 3 aromatic rings. The van der Waals surface area contributed by atoms with Crippen LogP contribution >= 0.6 is 0 Å². The Labute approximate surface area is 134 Å². The molecule has 23 heavy (non-hydrogen) atoms. The fourth-order valence-electron chi connectivity index (χ4n) is 2.36. The van der Waals surface area contributed by atoms with Crippen molar-refractivity contribution in [3.8, 4) is 22.8 Å². The Balaban J connectivity index is 2.05. The van der Waals surface area contributed by atoms with E-state index in [1.165, 1.54) is 4.90 Å². The molecule has 1 amide bonds. The zero-order valence-corrected chi connectivity index (χ0v) is 13.3. The van der Waals surface area contributed by atoms with Crippen LogP contribution in [-0.4, -0.2) is 35.0 Å². The van der Waals surface area contributed by atoms with Crippen LogP contribution in [0.1, 0.15) is 15.9 Å². The molecule has 0 aliphatic rings. The van der Waals surface area contributed by atoms with Crippen molar-refractivity contribution < 1.29 is 9.32 Å². The van der Waals surface area contributed by atoms with Crippen LogP contribution in [-0.2, 0) is 0 Å². The van der Waals surface area contributed by atoms with Crippen LogP contribution in [0.5, 0.6) is 0 Å². The van der Waals surface area contributed by atoms with E-state index in [4.69, 9.17) is 4.52 Å². The summed E-state index contributed by atoms with van der Waals surface area (Å²) in [6.45, 7) is 1.99. The summed E-state index contributed by atoms with van der Waals surface area (Å²) in [6, 6.07) is 15.1. The lowest BCUT2D eigenvalue weighted by atomic mass is 10.1. The van der Waals surface area contributed by atoms with Crippen LogP contribution in [0.3, 0.4) is 0 Å². The lowest BCUT2D eigenvalue weighted by Gasteiger charge is -2.11. The molecule has 0 aliphatic heterocycles. The number of carbonyl (C=O) groups excluding carboxylic acids is 1. The highest BCUT2D eigenvalue weighted by molar-refractivity contribution is 5.99. The maximum absolute atomic E-state index is 12.3. The predicted molar refractivity (Wildman–Crippen MR) is 87.9 cm³/mol. The highest BCUT2D eigenvalue weighted by atomic mass is 16.5. The number of aryl methyl sites for hydroxylation is 1. The Hall–Kier alpha value is -2.95. The van der Waals surface area contributed by atoms with Gasteiger partial charge in [0.25, 0.3) is 11.8 Å². The monoisotopic (exact) mass is 307 g/mol. The van der Waals surface area contributed by atoms with Crippen molar-refractivity contribution in [3.05, 3.63) is 59.7 Å². The van der Waals surface area contributed by atoms with Gasteiger partial charge in [0.05, 0.1) is 11.1 Å². The standard InChI is InChI=1S/C18H17N3O2/c1-12-8-4-5-9-13(12)16-19-17(23-20-16)14-10-6-7-11-15(14)18(22)21(2)3/h4-11H,1-3H3. The number of carbonyl (C=O) groups is 1. The molecule has 0 unspecified atom stereocenters. The average molecular weight is 307 g/mol. The molecule has 0 atom stereocenters. The molecule has 0 spiro atoms. The van der Waals surface area contributed by atoms with Crippen LogP contribution in [0.4, 0.5) is 0 Å². The molecule has 5 nitrogen and oxygen atoms in total. The molecular formula is C18H17N3O2. The summed E-state index contributed by atoms with van der Waals surface area (Å²) in [7, 11) is 3.43. The van der Waals surface area contributed by atoms with Gasteiger partial charge in [0.1, 0.15) is 0 Å². The Morgan fingerprint density at radius 3 is 2.35 bits per heavy atom. The molecule has 2 aromatic carbocycles. The van der Waals surface area contributed by atoms with Crippen molar-refractivity contribution in [2.45, 2.75) is 6.92 Å². The van der Waals surface area contributed by atoms with E-state index in [2.05, 4.69) is 10.1 Å². The Bertz CT molecular complexity index is 853. The summed E-state index contributed by atoms with van der Waals surface area (Å²) in [5, 5.41) is 4.06. The molecule has 1 aromatic heterocycles. The zero-order valence-electron chi connectivity index (χ0n) is 13.3. The van der Waals surface area contributed by atoms with Crippen molar-refractivity contribution in [2.75, 3.05) is 14.1 Å². The zero-order chi connectivity index (χ0) is 16.4. The molecule has 0 aliphatic carbocycles. The Morgan fingerprint density at radius 1 is 1.00 bits per heavy atom. The lowest BCUT2D eigenvalue weighted by molar-refractivity contribution is 0.0828. The van der Waals surface area contributed by atoms with Gasteiger partial charge >= 0.3 is 0 Å². The van der Waals surface area contributed by atoms with Gasteiger partial charge in [-0.1, -0.05) is 41.6 Å². The molecule has 5 heteroatoms. The number of rotatable bonds is 3. The normalized spacial score (nSPS) is 10.6. The van der Waals surface area contributed by atoms with Gasteiger partial charge in [0, 0.05) is 19.7 Å². The van der Waals surface area contributed by atoms with Gasteiger partial charge in [-0.2, -0.15) is 4.98 Å². The predicted octanol–water partition coefficient (Wildman–Crippen LogP) is 3.41. The summed E-state index contributed by atoms with van der Waals surface area (Å²) in [6.07, 6.45) is 0. The first-order valence-electron chi connectivity index (χ1n) is 7.28. The van der Waals surface area contributed by atoms with Crippen molar-refractivity contribution in [1.29, 1.82) is 0 Å². The van der Waals surface area contributed by atoms with E-state index >= 15 is 0 Å². The molecule has 0 radical (unpaired) electrons. The molecule has 0 fully saturated rings. The Morgan fingerprint density at radius 2 is 1.65 bits per heavy atom. The second-order valence-electron chi connectivity index (χ2n) is 5.48. The molecular weight excluding hydrogens is 290 g/mol. The second kappa shape index (κ2) is 6.04. The first-order valence-corrected chi connectivity index (χ1v) is 7.28. The van der Waals surface area contributed by atoms with E-state index in [1.54, 1.807) is 20.2 Å². The quantitative estimate of drug-likeness (QED) is 0.744. The minimum Gasteiger partial charge on any atom is -0.345 e. The van der Waals surface area contributed by atoms with Gasteiger partial charge in [-0.25, -0.2) is 0 Å². The minimum absolute atomic E-state index is 0.101. The van der Waals surface area contributed by atoms with Gasteiger partial charge < -0.3 is 9.42 Å². The van der Waals surface area contributed by atoms with Gasteiger partial charge in [-0.15, -0.1) is 0 Å². The number of nitrogens with zero attached hydrogens (tertiary/aromatic N) is 3. The van der Waals surface area contributed by atoms with Crippen molar-refractivity contribution in [3.63, 3.8) is 0 Å². The molecule has 116 valence electrons. The van der Waals surface area contributed by atoms with Crippen molar-refractivity contribution in [1.82, 2.24) is 15.0 Å². The van der Waals surface area contributed by atoms with Crippen LogP contribution in [0.25, 0.3) is 22.8 Å². The number of benzene rings is 2. The average Bonchev–Trinajstić information content (AvgIpc) is 3.04.